The second-order valence-electron chi connectivity index (χ2n) is 11.1. The summed E-state index contributed by atoms with van der Waals surface area (Å²) in [6, 6.07) is 8.48. The van der Waals surface area contributed by atoms with Gasteiger partial charge in [-0.05, 0) is 76.0 Å². The van der Waals surface area contributed by atoms with Crippen molar-refractivity contribution < 1.29 is 37.2 Å². The monoisotopic (exact) mass is 547 g/mol. The zero-order valence-electron chi connectivity index (χ0n) is 22.7. The van der Waals surface area contributed by atoms with Crippen LogP contribution in [-0.4, -0.2) is 71.4 Å². The van der Waals surface area contributed by atoms with Crippen LogP contribution in [0.15, 0.2) is 36.4 Å². The first kappa shape index (κ1) is 28.9. The van der Waals surface area contributed by atoms with Crippen molar-refractivity contribution in [3.63, 3.8) is 0 Å². The molecule has 4 rings (SSSR count). The number of carboxylic acid groups (broad SMARTS) is 1. The van der Waals surface area contributed by atoms with Crippen LogP contribution in [0.3, 0.4) is 0 Å². The van der Waals surface area contributed by atoms with E-state index in [-0.39, 0.29) is 30.9 Å². The van der Waals surface area contributed by atoms with Gasteiger partial charge in [0.25, 0.3) is 5.91 Å². The van der Waals surface area contributed by atoms with Crippen molar-refractivity contribution in [1.82, 2.24) is 9.80 Å². The van der Waals surface area contributed by atoms with E-state index in [0.717, 1.165) is 17.7 Å². The predicted octanol–water partition coefficient (Wildman–Crippen LogP) is 4.36. The summed E-state index contributed by atoms with van der Waals surface area (Å²) in [5.41, 5.74) is 0.155. The zero-order valence-corrected chi connectivity index (χ0v) is 22.7. The number of rotatable bonds is 5. The highest BCUT2D eigenvalue weighted by Crippen LogP contribution is 2.37. The fraction of sp³-hybridized carbons (Fsp3) is 0.481. The largest absolute Gasteiger partial charge is 0.495 e. The van der Waals surface area contributed by atoms with Gasteiger partial charge < -0.3 is 24.6 Å². The highest BCUT2D eigenvalue weighted by atomic mass is 19.4. The number of hydrogen-bond donors (Lipinski definition) is 2. The second kappa shape index (κ2) is 10.5. The van der Waals surface area contributed by atoms with Crippen molar-refractivity contribution in [3.05, 3.63) is 58.7 Å². The fourth-order valence-electron chi connectivity index (χ4n) is 4.58. The molecule has 2 saturated heterocycles. The van der Waals surface area contributed by atoms with Gasteiger partial charge in [0.2, 0.25) is 0 Å². The SMILES string of the molecule is Cc1ccc(C(=O)Nc2cc(CN3CCN(C(=O)O)CC3)cc(C(F)(F)F)c2)cc1B1OC(C)(C)C(C)(C)O1. The van der Waals surface area contributed by atoms with Crippen LogP contribution >= 0.6 is 0 Å². The maximum absolute atomic E-state index is 13.7. The van der Waals surface area contributed by atoms with Crippen LogP contribution in [0.1, 0.15) is 54.7 Å². The molecule has 0 aromatic heterocycles. The standard InChI is InChI=1S/C27H33BF3N3O5/c1-17-6-7-19(14-22(17)28-38-25(2,3)26(4,5)39-28)23(35)32-21-13-18(12-20(15-21)27(29,30)31)16-33-8-10-34(11-9-33)24(36)37/h6-7,12-15H,8-11,16H2,1-5H3,(H,32,35)(H,36,37). The third-order valence-corrected chi connectivity index (χ3v) is 7.68. The molecule has 0 spiro atoms. The lowest BCUT2D eigenvalue weighted by atomic mass is 9.75. The Morgan fingerprint density at radius 3 is 2.18 bits per heavy atom. The first-order valence-corrected chi connectivity index (χ1v) is 12.7. The Morgan fingerprint density at radius 2 is 1.62 bits per heavy atom. The number of hydrogen-bond acceptors (Lipinski definition) is 5. The smallest absolute Gasteiger partial charge is 0.465 e. The molecule has 2 aromatic carbocycles. The highest BCUT2D eigenvalue weighted by Gasteiger charge is 2.52. The number of halogens is 3. The Morgan fingerprint density at radius 1 is 1.00 bits per heavy atom. The van der Waals surface area contributed by atoms with E-state index in [1.807, 2.05) is 39.5 Å². The van der Waals surface area contributed by atoms with E-state index < -0.39 is 42.1 Å². The van der Waals surface area contributed by atoms with Crippen molar-refractivity contribution in [2.45, 2.75) is 58.5 Å². The molecule has 2 aliphatic heterocycles. The van der Waals surface area contributed by atoms with Gasteiger partial charge in [-0.1, -0.05) is 11.6 Å². The number of amides is 2. The molecule has 210 valence electrons. The van der Waals surface area contributed by atoms with Crippen LogP contribution in [0.5, 0.6) is 0 Å². The predicted molar refractivity (Wildman–Crippen MR) is 141 cm³/mol. The molecular formula is C27H33BF3N3O5. The molecule has 0 radical (unpaired) electrons. The Bertz CT molecular complexity index is 1240. The van der Waals surface area contributed by atoms with Gasteiger partial charge in [0.05, 0.1) is 16.8 Å². The van der Waals surface area contributed by atoms with Crippen LogP contribution in [0.2, 0.25) is 0 Å². The summed E-state index contributed by atoms with van der Waals surface area (Å²) < 4.78 is 53.3. The summed E-state index contributed by atoms with van der Waals surface area (Å²) in [5, 5.41) is 11.7. The van der Waals surface area contributed by atoms with Crippen molar-refractivity contribution in [1.29, 1.82) is 0 Å². The summed E-state index contributed by atoms with van der Waals surface area (Å²) in [4.78, 5) is 27.5. The number of benzene rings is 2. The number of carbonyl (C=O) groups excluding carboxylic acids is 1. The zero-order chi connectivity index (χ0) is 28.8. The van der Waals surface area contributed by atoms with Gasteiger partial charge in [-0.2, -0.15) is 13.2 Å². The molecule has 39 heavy (non-hydrogen) atoms. The molecule has 12 heteroatoms. The lowest BCUT2D eigenvalue weighted by molar-refractivity contribution is -0.137. The van der Waals surface area contributed by atoms with Crippen LogP contribution in [0.4, 0.5) is 23.7 Å². The molecule has 0 atom stereocenters. The summed E-state index contributed by atoms with van der Waals surface area (Å²) in [6.45, 7) is 11.1. The van der Waals surface area contributed by atoms with E-state index >= 15 is 0 Å². The molecule has 2 heterocycles. The summed E-state index contributed by atoms with van der Waals surface area (Å²) in [7, 11) is -0.690. The van der Waals surface area contributed by atoms with Crippen LogP contribution in [0.25, 0.3) is 0 Å². The van der Waals surface area contributed by atoms with Crippen molar-refractivity contribution >= 4 is 30.3 Å². The van der Waals surface area contributed by atoms with E-state index in [1.54, 1.807) is 18.2 Å². The van der Waals surface area contributed by atoms with Gasteiger partial charge in [-0.15, -0.1) is 0 Å². The van der Waals surface area contributed by atoms with E-state index in [9.17, 15) is 22.8 Å². The Labute approximate surface area is 226 Å². The van der Waals surface area contributed by atoms with E-state index in [4.69, 9.17) is 14.4 Å². The van der Waals surface area contributed by atoms with Crippen LogP contribution in [0, 0.1) is 6.92 Å². The fourth-order valence-corrected chi connectivity index (χ4v) is 4.58. The average Bonchev–Trinajstić information content (AvgIpc) is 3.05. The maximum Gasteiger partial charge on any atom is 0.495 e. The topological polar surface area (TPSA) is 91.3 Å². The minimum absolute atomic E-state index is 0.0201. The molecule has 2 N–H and O–H groups in total. The maximum atomic E-state index is 13.7. The quantitative estimate of drug-likeness (QED) is 0.541. The van der Waals surface area contributed by atoms with Gasteiger partial charge in [0.1, 0.15) is 0 Å². The van der Waals surface area contributed by atoms with Crippen LogP contribution in [-0.2, 0) is 22.0 Å². The molecule has 0 unspecified atom stereocenters. The van der Waals surface area contributed by atoms with Crippen molar-refractivity contribution in [2.75, 3.05) is 31.5 Å². The first-order valence-electron chi connectivity index (χ1n) is 12.7. The van der Waals surface area contributed by atoms with Gasteiger partial charge in [-0.3, -0.25) is 9.69 Å². The van der Waals surface area contributed by atoms with Gasteiger partial charge in [0, 0.05) is 44.0 Å². The molecular weight excluding hydrogens is 514 g/mol. The summed E-state index contributed by atoms with van der Waals surface area (Å²) in [5.74, 6) is -0.562. The van der Waals surface area contributed by atoms with E-state index in [0.29, 0.717) is 24.1 Å². The van der Waals surface area contributed by atoms with Crippen molar-refractivity contribution in [3.8, 4) is 0 Å². The Hall–Kier alpha value is -3.09. The lowest BCUT2D eigenvalue weighted by Crippen LogP contribution is -2.47. The molecule has 8 nitrogen and oxygen atoms in total. The van der Waals surface area contributed by atoms with Gasteiger partial charge >= 0.3 is 19.4 Å². The summed E-state index contributed by atoms with van der Waals surface area (Å²) >= 11 is 0. The Balaban J connectivity index is 1.54. The Kier molecular flexibility index (Phi) is 7.77. The number of aryl methyl sites for hydroxylation is 1. The second-order valence-corrected chi connectivity index (χ2v) is 11.1. The third kappa shape index (κ3) is 6.39. The normalized spacial score (nSPS) is 19.3. The van der Waals surface area contributed by atoms with Gasteiger partial charge in [-0.25, -0.2) is 4.79 Å². The van der Waals surface area contributed by atoms with Gasteiger partial charge in [0.15, 0.2) is 0 Å². The molecule has 0 saturated carbocycles. The van der Waals surface area contributed by atoms with Crippen LogP contribution < -0.4 is 10.8 Å². The number of alkyl halides is 3. The summed E-state index contributed by atoms with van der Waals surface area (Å²) in [6.07, 6.45) is -5.62. The van der Waals surface area contributed by atoms with E-state index in [2.05, 4.69) is 5.32 Å². The minimum Gasteiger partial charge on any atom is -0.465 e. The number of nitrogens with one attached hydrogen (secondary N) is 1. The number of nitrogens with zero attached hydrogens (tertiary/aromatic N) is 2. The molecule has 2 aliphatic rings. The molecule has 2 aromatic rings. The molecule has 2 amide bonds. The number of carbonyl (C=O) groups is 2. The minimum atomic E-state index is -4.61. The third-order valence-electron chi connectivity index (χ3n) is 7.68. The molecule has 0 aliphatic carbocycles. The highest BCUT2D eigenvalue weighted by molar-refractivity contribution is 6.62. The van der Waals surface area contributed by atoms with E-state index in [1.165, 1.54) is 11.0 Å². The van der Waals surface area contributed by atoms with Crippen molar-refractivity contribution in [2.24, 2.45) is 0 Å². The number of anilines is 1. The average molecular weight is 547 g/mol. The first-order chi connectivity index (χ1) is 18.1. The lowest BCUT2D eigenvalue weighted by Gasteiger charge is -2.33. The molecule has 0 bridgehead atoms. The number of piperazine rings is 1. The molecule has 2 fully saturated rings.